The normalized spacial score (nSPS) is 11.7. The molecule has 0 atom stereocenters. The van der Waals surface area contributed by atoms with Gasteiger partial charge in [-0.25, -0.2) is 0 Å². The van der Waals surface area contributed by atoms with Crippen LogP contribution in [0.4, 0.5) is 0 Å². The molecule has 0 aliphatic carbocycles. The molecule has 0 unspecified atom stereocenters. The second-order valence-corrected chi connectivity index (χ2v) is 16.7. The molecule has 4 aromatic carbocycles. The van der Waals surface area contributed by atoms with Crippen LogP contribution in [0.3, 0.4) is 0 Å². The molecule has 5 heteroatoms. The Balaban J connectivity index is 0.000000254. The molecule has 0 spiro atoms. The molecule has 8 aromatic rings. The summed E-state index contributed by atoms with van der Waals surface area (Å²) in [5.41, 5.74) is 15.6. The smallest absolute Gasteiger partial charge is 0.0847 e. The first-order chi connectivity index (χ1) is 25.6. The van der Waals surface area contributed by atoms with Crippen LogP contribution in [-0.4, -0.2) is 15.0 Å². The van der Waals surface area contributed by atoms with Crippen molar-refractivity contribution in [2.24, 2.45) is 0 Å². The van der Waals surface area contributed by atoms with E-state index in [0.717, 1.165) is 56.5 Å². The van der Waals surface area contributed by atoms with E-state index in [2.05, 4.69) is 159 Å². The van der Waals surface area contributed by atoms with Crippen LogP contribution in [-0.2, 0) is 37.4 Å². The fourth-order valence-electron chi connectivity index (χ4n) is 6.67. The fraction of sp³-hybridized carbons (Fsp3) is 0.260. The molecule has 55 heavy (non-hydrogen) atoms. The van der Waals surface area contributed by atoms with Crippen LogP contribution in [0.25, 0.3) is 55.2 Å². The van der Waals surface area contributed by atoms with E-state index in [-0.39, 0.29) is 30.9 Å². The number of aryl methyl sites for hydroxylation is 4. The maximum Gasteiger partial charge on any atom is 0.0847 e. The predicted molar refractivity (Wildman–Crippen MR) is 225 cm³/mol. The van der Waals surface area contributed by atoms with Gasteiger partial charge in [0, 0.05) is 61.1 Å². The van der Waals surface area contributed by atoms with E-state index in [0.29, 0.717) is 0 Å². The van der Waals surface area contributed by atoms with Crippen molar-refractivity contribution in [1.82, 2.24) is 15.0 Å². The van der Waals surface area contributed by atoms with Crippen molar-refractivity contribution in [3.63, 3.8) is 0 Å². The van der Waals surface area contributed by atoms with Gasteiger partial charge in [0.2, 0.25) is 0 Å². The minimum absolute atomic E-state index is 0. The minimum atomic E-state index is -0.0564. The van der Waals surface area contributed by atoms with Crippen molar-refractivity contribution in [2.75, 3.05) is 0 Å². The Morgan fingerprint density at radius 2 is 1.38 bits per heavy atom. The Hall–Kier alpha value is -4.96. The Morgan fingerprint density at radius 1 is 0.655 bits per heavy atom. The van der Waals surface area contributed by atoms with Crippen LogP contribution >= 0.6 is 0 Å². The number of hydrogen-bond acceptors (Lipinski definition) is 4. The van der Waals surface area contributed by atoms with Crippen LogP contribution in [0.1, 0.15) is 86.2 Å². The quantitative estimate of drug-likeness (QED) is 0.165. The van der Waals surface area contributed by atoms with Gasteiger partial charge in [0.25, 0.3) is 0 Å². The molecule has 281 valence electrons. The van der Waals surface area contributed by atoms with E-state index in [4.69, 9.17) is 14.4 Å². The van der Waals surface area contributed by atoms with E-state index < -0.39 is 0 Å². The predicted octanol–water partition coefficient (Wildman–Crippen LogP) is 13.0. The summed E-state index contributed by atoms with van der Waals surface area (Å²) in [6.07, 6.45) is 6.37. The molecule has 0 bridgehead atoms. The number of fused-ring (bicyclic) bond motifs is 4. The maximum atomic E-state index is 5.84. The third kappa shape index (κ3) is 8.64. The summed E-state index contributed by atoms with van der Waals surface area (Å²) in [7, 11) is 0. The van der Waals surface area contributed by atoms with E-state index >= 15 is 0 Å². The molecule has 0 aliphatic rings. The summed E-state index contributed by atoms with van der Waals surface area (Å²) in [6.45, 7) is 21.7. The topological polar surface area (TPSA) is 51.8 Å². The number of rotatable bonds is 4. The molecule has 0 fully saturated rings. The van der Waals surface area contributed by atoms with E-state index in [1.807, 2.05) is 24.5 Å². The van der Waals surface area contributed by atoms with Crippen LogP contribution < -0.4 is 0 Å². The van der Waals surface area contributed by atoms with Gasteiger partial charge < -0.3 is 9.40 Å². The fourth-order valence-corrected chi connectivity index (χ4v) is 6.67. The molecule has 4 aromatic heterocycles. The van der Waals surface area contributed by atoms with E-state index in [1.54, 1.807) is 6.26 Å². The van der Waals surface area contributed by atoms with E-state index in [1.165, 1.54) is 49.7 Å². The van der Waals surface area contributed by atoms with Crippen molar-refractivity contribution in [3.05, 3.63) is 160 Å². The third-order valence-electron chi connectivity index (χ3n) is 10.4. The van der Waals surface area contributed by atoms with Gasteiger partial charge in [0.05, 0.1) is 5.58 Å². The molecule has 4 heterocycles. The Bertz CT molecular complexity index is 2610. The Morgan fingerprint density at radius 3 is 2.11 bits per heavy atom. The summed E-state index contributed by atoms with van der Waals surface area (Å²) < 4.78 is 5.84. The molecule has 4 nitrogen and oxygen atoms in total. The minimum Gasteiger partial charge on any atom is -0.506 e. The standard InChI is InChI=1S/C35H33N2O.C15H16N.Ir/c1-34(2,3)27-10-9-24-18-22(7-8-25(24)20-27)17-23-13-15-36-30(19-23)29-21-26-14-16-38-33(26)32-28(29)11-12-31(37-32)35(4,5)6;1-10-5-6-14(7-11(10)2)15-8-12(3)13(4)9-16-15;/h7-16,18-20H,17H2,1-6H3;5,7-9H,1-4H3;/q2*-1;. The zero-order valence-electron chi connectivity index (χ0n) is 33.6. The molecule has 0 N–H and O–H groups in total. The molecule has 8 rings (SSSR count). The van der Waals surface area contributed by atoms with Gasteiger partial charge in [-0.2, -0.15) is 0 Å². The number of furan rings is 1. The third-order valence-corrected chi connectivity index (χ3v) is 10.4. The molecular weight excluding hydrogens is 851 g/mol. The summed E-state index contributed by atoms with van der Waals surface area (Å²) in [6, 6.07) is 37.2. The van der Waals surface area contributed by atoms with Crippen LogP contribution in [0.5, 0.6) is 0 Å². The second kappa shape index (κ2) is 15.6. The van der Waals surface area contributed by atoms with Gasteiger partial charge in [0.15, 0.2) is 0 Å². The Labute approximate surface area is 339 Å². The van der Waals surface area contributed by atoms with Gasteiger partial charge in [-0.05, 0) is 76.5 Å². The first kappa shape index (κ1) is 39.7. The van der Waals surface area contributed by atoms with Gasteiger partial charge >= 0.3 is 0 Å². The number of aromatic nitrogens is 3. The van der Waals surface area contributed by atoms with Crippen molar-refractivity contribution >= 4 is 32.6 Å². The zero-order chi connectivity index (χ0) is 38.4. The number of pyridine rings is 3. The van der Waals surface area contributed by atoms with Gasteiger partial charge in [-0.3, -0.25) is 9.97 Å². The van der Waals surface area contributed by atoms with Crippen molar-refractivity contribution in [2.45, 2.75) is 86.5 Å². The molecule has 1 radical (unpaired) electrons. The first-order valence-corrected chi connectivity index (χ1v) is 18.8. The summed E-state index contributed by atoms with van der Waals surface area (Å²) in [5, 5.41) is 4.48. The van der Waals surface area contributed by atoms with Gasteiger partial charge in [-0.15, -0.1) is 41.0 Å². The van der Waals surface area contributed by atoms with Crippen molar-refractivity contribution in [1.29, 1.82) is 0 Å². The molecule has 0 amide bonds. The monoisotopic (exact) mass is 900 g/mol. The first-order valence-electron chi connectivity index (χ1n) is 18.8. The second-order valence-electron chi connectivity index (χ2n) is 16.7. The molecular formula is C50H49IrN3O-2. The summed E-state index contributed by atoms with van der Waals surface area (Å²) in [4.78, 5) is 14.2. The average molecular weight is 900 g/mol. The van der Waals surface area contributed by atoms with Crippen LogP contribution in [0, 0.1) is 39.8 Å². The number of nitrogens with zero attached hydrogens (tertiary/aromatic N) is 3. The van der Waals surface area contributed by atoms with E-state index in [9.17, 15) is 0 Å². The van der Waals surface area contributed by atoms with Crippen LogP contribution in [0.15, 0.2) is 108 Å². The summed E-state index contributed by atoms with van der Waals surface area (Å²) >= 11 is 0. The number of hydrogen-bond donors (Lipinski definition) is 0. The van der Waals surface area contributed by atoms with Gasteiger partial charge in [0.1, 0.15) is 0 Å². The largest absolute Gasteiger partial charge is 0.506 e. The van der Waals surface area contributed by atoms with Crippen molar-refractivity contribution < 1.29 is 24.5 Å². The van der Waals surface area contributed by atoms with Crippen molar-refractivity contribution in [3.8, 4) is 22.5 Å². The average Bonchev–Trinajstić information content (AvgIpc) is 3.62. The molecule has 0 saturated carbocycles. The molecule has 0 aliphatic heterocycles. The maximum absolute atomic E-state index is 5.84. The van der Waals surface area contributed by atoms with Gasteiger partial charge in [-0.1, -0.05) is 138 Å². The SMILES string of the molecule is CC(C)(C)c1ccc2cc(Cc3ccnc(-c4[c-]c5ccoc5c5nc(C(C)(C)C)ccc45)c3)ccc2c1.Cc1c[c-]c(-c2cc(C)c(C)cn2)cc1C.[Ir]. The Kier molecular flexibility index (Phi) is 11.3. The van der Waals surface area contributed by atoms with Crippen LogP contribution in [0.2, 0.25) is 0 Å². The zero-order valence-corrected chi connectivity index (χ0v) is 36.0. The molecule has 0 saturated heterocycles. The summed E-state index contributed by atoms with van der Waals surface area (Å²) in [5.74, 6) is 0. The number of benzene rings is 4.